The van der Waals surface area contributed by atoms with Crippen molar-refractivity contribution in [2.75, 3.05) is 13.2 Å². The van der Waals surface area contributed by atoms with Gasteiger partial charge in [0.1, 0.15) is 6.61 Å². The fourth-order valence-electron chi connectivity index (χ4n) is 1.27. The maximum Gasteiger partial charge on any atom is 0.407 e. The Kier molecular flexibility index (Phi) is 6.12. The van der Waals surface area contributed by atoms with Crippen molar-refractivity contribution in [2.24, 2.45) is 0 Å². The predicted octanol–water partition coefficient (Wildman–Crippen LogP) is 1.71. The van der Waals surface area contributed by atoms with E-state index in [4.69, 9.17) is 9.84 Å². The number of nitrogens with one attached hydrogen (secondary N) is 1. The minimum atomic E-state index is -1.60. The number of halogens is 2. The van der Waals surface area contributed by atoms with Crippen LogP contribution in [0.3, 0.4) is 0 Å². The monoisotopic (exact) mass is 301 g/mol. The van der Waals surface area contributed by atoms with E-state index in [9.17, 15) is 18.4 Å². The van der Waals surface area contributed by atoms with Gasteiger partial charge in [0.05, 0.1) is 6.54 Å². The standard InChI is InChI=1S/C13H13F2NO5/c1-2-6-20-13(19)16-7-10(12(17)18)21-9-5-3-4-8(14)11(9)15/h2-5,10H,1,6-7H2,(H,16,19)(H,17,18). The first-order chi connectivity index (χ1) is 9.95. The minimum Gasteiger partial charge on any atom is -0.478 e. The molecule has 0 spiro atoms. The van der Waals surface area contributed by atoms with Crippen LogP contribution in [0, 0.1) is 11.6 Å². The number of carbonyl (C=O) groups is 2. The second-order valence-corrected chi connectivity index (χ2v) is 3.76. The van der Waals surface area contributed by atoms with Gasteiger partial charge in [-0.25, -0.2) is 14.0 Å². The van der Waals surface area contributed by atoms with Crippen LogP contribution in [-0.2, 0) is 9.53 Å². The molecular formula is C13H13F2NO5. The Morgan fingerprint density at radius 2 is 2.14 bits per heavy atom. The lowest BCUT2D eigenvalue weighted by Crippen LogP contribution is -2.40. The fourth-order valence-corrected chi connectivity index (χ4v) is 1.27. The average molecular weight is 301 g/mol. The molecule has 6 nitrogen and oxygen atoms in total. The number of benzene rings is 1. The number of hydrogen-bond acceptors (Lipinski definition) is 4. The second-order valence-electron chi connectivity index (χ2n) is 3.76. The Balaban J connectivity index is 2.66. The third kappa shape index (κ3) is 5.09. The van der Waals surface area contributed by atoms with Gasteiger partial charge in [0, 0.05) is 0 Å². The molecule has 21 heavy (non-hydrogen) atoms. The molecule has 1 atom stereocenters. The van der Waals surface area contributed by atoms with E-state index in [1.54, 1.807) is 0 Å². The number of amides is 1. The van der Waals surface area contributed by atoms with Crippen molar-refractivity contribution in [3.05, 3.63) is 42.5 Å². The Labute approximate surface area is 119 Å². The quantitative estimate of drug-likeness (QED) is 0.749. The van der Waals surface area contributed by atoms with Crippen molar-refractivity contribution >= 4 is 12.1 Å². The summed E-state index contributed by atoms with van der Waals surface area (Å²) in [5, 5.41) is 11.1. The summed E-state index contributed by atoms with van der Waals surface area (Å²) in [6, 6.07) is 3.10. The van der Waals surface area contributed by atoms with Crippen molar-refractivity contribution in [2.45, 2.75) is 6.10 Å². The lowest BCUT2D eigenvalue weighted by molar-refractivity contribution is -0.144. The lowest BCUT2D eigenvalue weighted by atomic mass is 10.3. The molecule has 0 aliphatic carbocycles. The topological polar surface area (TPSA) is 84.9 Å². The zero-order valence-electron chi connectivity index (χ0n) is 10.8. The highest BCUT2D eigenvalue weighted by atomic mass is 19.2. The van der Waals surface area contributed by atoms with E-state index in [-0.39, 0.29) is 6.61 Å². The van der Waals surface area contributed by atoms with Crippen LogP contribution in [0.2, 0.25) is 0 Å². The van der Waals surface area contributed by atoms with Crippen LogP contribution in [0.25, 0.3) is 0 Å². The molecule has 114 valence electrons. The smallest absolute Gasteiger partial charge is 0.407 e. The van der Waals surface area contributed by atoms with Crippen LogP contribution in [0.4, 0.5) is 13.6 Å². The summed E-state index contributed by atoms with van der Waals surface area (Å²) < 4.78 is 35.8. The van der Waals surface area contributed by atoms with Crippen LogP contribution >= 0.6 is 0 Å². The van der Waals surface area contributed by atoms with Gasteiger partial charge in [0.2, 0.25) is 11.9 Å². The third-order valence-corrected chi connectivity index (χ3v) is 2.22. The molecule has 1 amide bonds. The van der Waals surface area contributed by atoms with Gasteiger partial charge >= 0.3 is 12.1 Å². The Morgan fingerprint density at radius 3 is 2.76 bits per heavy atom. The van der Waals surface area contributed by atoms with Gasteiger partial charge in [0.15, 0.2) is 11.6 Å². The molecule has 0 fully saturated rings. The molecular weight excluding hydrogens is 288 g/mol. The number of carboxylic acid groups (broad SMARTS) is 1. The molecule has 1 rings (SSSR count). The van der Waals surface area contributed by atoms with Crippen molar-refractivity contribution in [1.82, 2.24) is 5.32 Å². The third-order valence-electron chi connectivity index (χ3n) is 2.22. The fraction of sp³-hybridized carbons (Fsp3) is 0.231. The molecule has 0 saturated heterocycles. The van der Waals surface area contributed by atoms with Gasteiger partial charge in [0.25, 0.3) is 0 Å². The summed E-state index contributed by atoms with van der Waals surface area (Å²) in [6.45, 7) is 2.79. The zero-order valence-corrected chi connectivity index (χ0v) is 10.8. The number of alkyl carbamates (subject to hydrolysis) is 1. The summed E-state index contributed by atoms with van der Waals surface area (Å²) in [4.78, 5) is 22.1. The van der Waals surface area contributed by atoms with Crippen LogP contribution in [0.15, 0.2) is 30.9 Å². The van der Waals surface area contributed by atoms with Crippen molar-refractivity contribution in [3.8, 4) is 5.75 Å². The molecule has 0 aromatic heterocycles. The van der Waals surface area contributed by atoms with Gasteiger partial charge in [-0.1, -0.05) is 18.7 Å². The summed E-state index contributed by atoms with van der Waals surface area (Å²) >= 11 is 0. The van der Waals surface area contributed by atoms with Crippen LogP contribution < -0.4 is 10.1 Å². The minimum absolute atomic E-state index is 0.0526. The van der Waals surface area contributed by atoms with Crippen molar-refractivity contribution in [1.29, 1.82) is 0 Å². The predicted molar refractivity (Wildman–Crippen MR) is 68.0 cm³/mol. The van der Waals surface area contributed by atoms with E-state index in [2.05, 4.69) is 16.6 Å². The molecule has 0 saturated carbocycles. The van der Waals surface area contributed by atoms with E-state index in [1.807, 2.05) is 0 Å². The number of carboxylic acids is 1. The Bertz CT molecular complexity index is 535. The Morgan fingerprint density at radius 1 is 1.43 bits per heavy atom. The second kappa shape index (κ2) is 7.83. The largest absolute Gasteiger partial charge is 0.478 e. The van der Waals surface area contributed by atoms with Gasteiger partial charge in [-0.3, -0.25) is 0 Å². The summed E-state index contributed by atoms with van der Waals surface area (Å²) in [7, 11) is 0. The number of rotatable bonds is 7. The van der Waals surface area contributed by atoms with Gasteiger partial charge < -0.3 is 19.9 Å². The summed E-state index contributed by atoms with van der Waals surface area (Å²) in [6.07, 6.45) is -1.16. The molecule has 1 aromatic carbocycles. The van der Waals surface area contributed by atoms with Gasteiger partial charge in [-0.05, 0) is 12.1 Å². The average Bonchev–Trinajstić information content (AvgIpc) is 2.45. The molecule has 0 aliphatic rings. The molecule has 2 N–H and O–H groups in total. The molecule has 0 aliphatic heterocycles. The van der Waals surface area contributed by atoms with E-state index in [0.717, 1.165) is 12.1 Å². The van der Waals surface area contributed by atoms with Crippen LogP contribution in [-0.4, -0.2) is 36.4 Å². The van der Waals surface area contributed by atoms with E-state index in [1.165, 1.54) is 12.1 Å². The van der Waals surface area contributed by atoms with Crippen LogP contribution in [0.1, 0.15) is 0 Å². The first-order valence-electron chi connectivity index (χ1n) is 5.80. The first kappa shape index (κ1) is 16.4. The normalized spacial score (nSPS) is 11.3. The van der Waals surface area contributed by atoms with Crippen molar-refractivity contribution < 1.29 is 33.0 Å². The number of ether oxygens (including phenoxy) is 2. The molecule has 0 radical (unpaired) electrons. The maximum atomic E-state index is 13.4. The maximum absolute atomic E-state index is 13.4. The molecule has 1 aromatic rings. The van der Waals surface area contributed by atoms with Gasteiger partial charge in [-0.15, -0.1) is 0 Å². The molecule has 8 heteroatoms. The van der Waals surface area contributed by atoms with E-state index >= 15 is 0 Å². The lowest BCUT2D eigenvalue weighted by Gasteiger charge is -2.16. The van der Waals surface area contributed by atoms with E-state index in [0.29, 0.717) is 0 Å². The van der Waals surface area contributed by atoms with Gasteiger partial charge in [-0.2, -0.15) is 4.39 Å². The summed E-state index contributed by atoms with van der Waals surface area (Å²) in [5.41, 5.74) is 0. The van der Waals surface area contributed by atoms with Crippen LogP contribution in [0.5, 0.6) is 5.75 Å². The highest BCUT2D eigenvalue weighted by Crippen LogP contribution is 2.20. The summed E-state index contributed by atoms with van der Waals surface area (Å²) in [5.74, 6) is -4.50. The SMILES string of the molecule is C=CCOC(=O)NCC(Oc1cccc(F)c1F)C(=O)O. The number of hydrogen-bond donors (Lipinski definition) is 2. The first-order valence-corrected chi connectivity index (χ1v) is 5.80. The zero-order chi connectivity index (χ0) is 15.8. The Hall–Kier alpha value is -2.64. The van der Waals surface area contributed by atoms with E-state index < -0.39 is 42.1 Å². The highest BCUT2D eigenvalue weighted by Gasteiger charge is 2.23. The number of aliphatic carboxylic acids is 1. The molecule has 1 unspecified atom stereocenters. The molecule has 0 bridgehead atoms. The number of carbonyl (C=O) groups excluding carboxylic acids is 1. The molecule has 0 heterocycles. The highest BCUT2D eigenvalue weighted by molar-refractivity contribution is 5.74. The van der Waals surface area contributed by atoms with Crippen molar-refractivity contribution in [3.63, 3.8) is 0 Å².